The van der Waals surface area contributed by atoms with Crippen molar-refractivity contribution in [1.29, 1.82) is 0 Å². The van der Waals surface area contributed by atoms with Crippen molar-refractivity contribution in [3.63, 3.8) is 0 Å². The quantitative estimate of drug-likeness (QED) is 0.419. The molecule has 1 fully saturated rings. The number of anilines is 1. The Balaban J connectivity index is 2.06. The number of carbonyl (C=O) groups is 2. The predicted octanol–water partition coefficient (Wildman–Crippen LogP) is 4.23. The van der Waals surface area contributed by atoms with E-state index in [0.29, 0.717) is 34.4 Å². The van der Waals surface area contributed by atoms with E-state index in [1.807, 2.05) is 6.92 Å². The van der Waals surface area contributed by atoms with E-state index >= 15 is 0 Å². The molecule has 2 aromatic rings. The Morgan fingerprint density at radius 1 is 1.17 bits per heavy atom. The zero-order chi connectivity index (χ0) is 21.1. The fourth-order valence-electron chi connectivity index (χ4n) is 2.81. The molecule has 3 rings (SSSR count). The maximum absolute atomic E-state index is 13.1. The van der Waals surface area contributed by atoms with Crippen LogP contribution in [0.5, 0.6) is 11.5 Å². The lowest BCUT2D eigenvalue weighted by Crippen LogP contribution is -2.54. The first-order valence-corrected chi connectivity index (χ1v) is 9.70. The summed E-state index contributed by atoms with van der Waals surface area (Å²) in [5.74, 6) is -0.449. The van der Waals surface area contributed by atoms with Gasteiger partial charge < -0.3 is 9.47 Å². The molecule has 0 radical (unpaired) electrons. The van der Waals surface area contributed by atoms with Gasteiger partial charge in [-0.15, -0.1) is 0 Å². The number of halogens is 2. The Bertz CT molecular complexity index is 1040. The van der Waals surface area contributed by atoms with E-state index in [2.05, 4.69) is 5.32 Å². The minimum absolute atomic E-state index is 0.0481. The van der Waals surface area contributed by atoms with Crippen molar-refractivity contribution in [2.24, 2.45) is 0 Å². The summed E-state index contributed by atoms with van der Waals surface area (Å²) in [5.41, 5.74) is 0.740. The van der Waals surface area contributed by atoms with Gasteiger partial charge in [0.1, 0.15) is 5.57 Å². The molecule has 0 aromatic heterocycles. The summed E-state index contributed by atoms with van der Waals surface area (Å²) in [6.45, 7) is 2.21. The molecule has 0 atom stereocenters. The summed E-state index contributed by atoms with van der Waals surface area (Å²) in [4.78, 5) is 26.7. The lowest BCUT2D eigenvalue weighted by Gasteiger charge is -2.29. The van der Waals surface area contributed by atoms with E-state index in [0.717, 1.165) is 0 Å². The third-order valence-corrected chi connectivity index (χ3v) is 4.93. The Hall–Kier alpha value is -2.61. The number of carbonyl (C=O) groups excluding carboxylic acids is 2. The van der Waals surface area contributed by atoms with Crippen molar-refractivity contribution in [3.05, 3.63) is 57.6 Å². The van der Waals surface area contributed by atoms with Gasteiger partial charge in [-0.25, -0.2) is 0 Å². The van der Waals surface area contributed by atoms with Crippen molar-refractivity contribution >= 4 is 64.1 Å². The summed E-state index contributed by atoms with van der Waals surface area (Å²) >= 11 is 17.6. The third kappa shape index (κ3) is 4.22. The second-order valence-electron chi connectivity index (χ2n) is 5.88. The highest BCUT2D eigenvalue weighted by molar-refractivity contribution is 7.80. The van der Waals surface area contributed by atoms with Crippen LogP contribution in [-0.2, 0) is 9.59 Å². The molecule has 0 bridgehead atoms. The SMILES string of the molecule is CCOc1cc(/C=C2\C(=O)NC(=S)N(c3ccccc3Cl)C2=O)cc(Cl)c1OC. The van der Waals surface area contributed by atoms with Crippen LogP contribution in [0.1, 0.15) is 12.5 Å². The summed E-state index contributed by atoms with van der Waals surface area (Å²) in [6.07, 6.45) is 1.41. The summed E-state index contributed by atoms with van der Waals surface area (Å²) in [7, 11) is 1.47. The van der Waals surface area contributed by atoms with Crippen molar-refractivity contribution in [2.75, 3.05) is 18.6 Å². The van der Waals surface area contributed by atoms with E-state index in [9.17, 15) is 9.59 Å². The molecule has 29 heavy (non-hydrogen) atoms. The first-order chi connectivity index (χ1) is 13.9. The zero-order valence-electron chi connectivity index (χ0n) is 15.5. The van der Waals surface area contributed by atoms with Gasteiger partial charge in [-0.3, -0.25) is 19.8 Å². The molecule has 1 aliphatic rings. The van der Waals surface area contributed by atoms with Crippen LogP contribution in [0.3, 0.4) is 0 Å². The molecule has 1 aliphatic heterocycles. The normalized spacial score (nSPS) is 15.5. The molecule has 9 heteroatoms. The van der Waals surface area contributed by atoms with Crippen molar-refractivity contribution in [2.45, 2.75) is 6.92 Å². The highest BCUT2D eigenvalue weighted by Gasteiger charge is 2.35. The number of rotatable bonds is 5. The third-order valence-electron chi connectivity index (χ3n) is 4.04. The molecule has 1 saturated heterocycles. The second-order valence-corrected chi connectivity index (χ2v) is 7.08. The van der Waals surface area contributed by atoms with E-state index in [1.165, 1.54) is 18.1 Å². The Kier molecular flexibility index (Phi) is 6.42. The van der Waals surface area contributed by atoms with E-state index in [-0.39, 0.29) is 15.7 Å². The number of hydrogen-bond donors (Lipinski definition) is 1. The van der Waals surface area contributed by atoms with E-state index in [1.54, 1.807) is 36.4 Å². The highest BCUT2D eigenvalue weighted by atomic mass is 35.5. The van der Waals surface area contributed by atoms with Gasteiger partial charge in [-0.2, -0.15) is 0 Å². The number of thiocarbonyl (C=S) groups is 1. The second kappa shape index (κ2) is 8.82. The highest BCUT2D eigenvalue weighted by Crippen LogP contribution is 2.37. The fourth-order valence-corrected chi connectivity index (χ4v) is 3.60. The number of amides is 2. The van der Waals surface area contributed by atoms with Crippen LogP contribution in [0.25, 0.3) is 6.08 Å². The van der Waals surface area contributed by atoms with Crippen molar-refractivity contribution in [1.82, 2.24) is 5.32 Å². The number of hydrogen-bond acceptors (Lipinski definition) is 5. The molecule has 0 aliphatic carbocycles. The Morgan fingerprint density at radius 3 is 2.55 bits per heavy atom. The largest absolute Gasteiger partial charge is 0.491 e. The molecule has 2 amide bonds. The van der Waals surface area contributed by atoms with Crippen molar-refractivity contribution in [3.8, 4) is 11.5 Å². The molecule has 2 aromatic carbocycles. The van der Waals surface area contributed by atoms with Gasteiger partial charge in [0.25, 0.3) is 11.8 Å². The predicted molar refractivity (Wildman–Crippen MR) is 117 cm³/mol. The lowest BCUT2D eigenvalue weighted by molar-refractivity contribution is -0.122. The fraction of sp³-hybridized carbons (Fsp3) is 0.150. The number of nitrogens with one attached hydrogen (secondary N) is 1. The van der Waals surface area contributed by atoms with Crippen LogP contribution in [0.15, 0.2) is 42.0 Å². The zero-order valence-corrected chi connectivity index (χ0v) is 17.8. The molecule has 6 nitrogen and oxygen atoms in total. The van der Waals surface area contributed by atoms with Crippen LogP contribution < -0.4 is 19.7 Å². The van der Waals surface area contributed by atoms with Crippen LogP contribution >= 0.6 is 35.4 Å². The van der Waals surface area contributed by atoms with Gasteiger partial charge in [0, 0.05) is 0 Å². The number of nitrogens with zero attached hydrogens (tertiary/aromatic N) is 1. The minimum atomic E-state index is -0.617. The summed E-state index contributed by atoms with van der Waals surface area (Å²) in [6, 6.07) is 9.92. The molecule has 0 unspecified atom stereocenters. The molecule has 0 spiro atoms. The van der Waals surface area contributed by atoms with E-state index < -0.39 is 11.8 Å². The van der Waals surface area contributed by atoms with Crippen LogP contribution in [0.4, 0.5) is 5.69 Å². The average Bonchev–Trinajstić information content (AvgIpc) is 2.67. The molecule has 1 heterocycles. The van der Waals surface area contributed by atoms with Gasteiger partial charge >= 0.3 is 0 Å². The first kappa shape index (κ1) is 21.1. The van der Waals surface area contributed by atoms with Crippen LogP contribution in [-0.4, -0.2) is 30.6 Å². The first-order valence-electron chi connectivity index (χ1n) is 8.53. The monoisotopic (exact) mass is 450 g/mol. The summed E-state index contributed by atoms with van der Waals surface area (Å²) in [5, 5.41) is 3.07. The number of para-hydroxylation sites is 1. The summed E-state index contributed by atoms with van der Waals surface area (Å²) < 4.78 is 10.8. The van der Waals surface area contributed by atoms with Gasteiger partial charge in [-0.1, -0.05) is 35.3 Å². The minimum Gasteiger partial charge on any atom is -0.491 e. The van der Waals surface area contributed by atoms with Crippen LogP contribution in [0.2, 0.25) is 10.0 Å². The number of methoxy groups -OCH3 is 1. The van der Waals surface area contributed by atoms with Gasteiger partial charge in [-0.05, 0) is 55.0 Å². The number of benzene rings is 2. The average molecular weight is 451 g/mol. The standard InChI is InChI=1S/C20H16Cl2N2O4S/c1-3-28-16-10-11(9-14(22)17(16)27-2)8-12-18(25)23-20(29)24(19(12)26)15-7-5-4-6-13(15)21/h4-10H,3H2,1-2H3,(H,23,25,29)/b12-8+. The van der Waals surface area contributed by atoms with Crippen molar-refractivity contribution < 1.29 is 19.1 Å². The molecule has 150 valence electrons. The topological polar surface area (TPSA) is 67.9 Å². The molecule has 1 N–H and O–H groups in total. The molecular weight excluding hydrogens is 435 g/mol. The molecular formula is C20H16Cl2N2O4S. The maximum atomic E-state index is 13.1. The van der Waals surface area contributed by atoms with E-state index in [4.69, 9.17) is 44.9 Å². The lowest BCUT2D eigenvalue weighted by atomic mass is 10.1. The van der Waals surface area contributed by atoms with Gasteiger partial charge in [0.05, 0.1) is 29.4 Å². The number of ether oxygens (including phenoxy) is 2. The maximum Gasteiger partial charge on any atom is 0.270 e. The van der Waals surface area contributed by atoms with Gasteiger partial charge in [0.2, 0.25) is 0 Å². The Morgan fingerprint density at radius 2 is 1.90 bits per heavy atom. The Labute approximate surface area is 183 Å². The van der Waals surface area contributed by atoms with Gasteiger partial charge in [0.15, 0.2) is 16.6 Å². The van der Waals surface area contributed by atoms with Crippen LogP contribution in [0, 0.1) is 0 Å². The molecule has 0 saturated carbocycles. The smallest absolute Gasteiger partial charge is 0.270 e.